The van der Waals surface area contributed by atoms with Gasteiger partial charge in [-0.1, -0.05) is 12.1 Å². The fraction of sp³-hybridized carbons (Fsp3) is 0.333. The van der Waals surface area contributed by atoms with Crippen LogP contribution in [0, 0.1) is 24.4 Å². The number of rotatable bonds is 7. The van der Waals surface area contributed by atoms with Crippen molar-refractivity contribution in [1.29, 1.82) is 0 Å². The Morgan fingerprint density at radius 1 is 1.15 bits per heavy atom. The number of phosphoric ester groups is 1. The second kappa shape index (κ2) is 10.9. The SMILES string of the molecule is COc1cc(C=C2C[C@@H](c3cc(F)c(F)c(F)c3)N3C(=O)CCC[C@@H]23)ccc1-[n+]1cc(C)n(COP(=O)(O)O)c1. The van der Waals surface area contributed by atoms with Crippen LogP contribution in [0.2, 0.25) is 0 Å². The van der Waals surface area contributed by atoms with Gasteiger partial charge in [0.15, 0.2) is 28.9 Å². The van der Waals surface area contributed by atoms with Crippen LogP contribution in [0.25, 0.3) is 11.8 Å². The number of benzene rings is 2. The van der Waals surface area contributed by atoms with Crippen molar-refractivity contribution in [3.05, 3.63) is 82.7 Å². The number of nitrogens with zero attached hydrogens (tertiary/aromatic N) is 3. The van der Waals surface area contributed by atoms with Gasteiger partial charge in [-0.15, -0.1) is 0 Å². The minimum absolute atomic E-state index is 0.110. The third-order valence-corrected chi connectivity index (χ3v) is 7.77. The minimum atomic E-state index is -4.64. The summed E-state index contributed by atoms with van der Waals surface area (Å²) in [6, 6.07) is 6.55. The number of fused-ring (bicyclic) bond motifs is 1. The van der Waals surface area contributed by atoms with Gasteiger partial charge in [0.1, 0.15) is 11.9 Å². The monoisotopic (exact) mass is 578 g/mol. The molecule has 13 heteroatoms. The van der Waals surface area contributed by atoms with E-state index in [1.807, 2.05) is 24.3 Å². The highest BCUT2D eigenvalue weighted by Gasteiger charge is 2.43. The summed E-state index contributed by atoms with van der Waals surface area (Å²) in [5.41, 5.74) is 3.27. The van der Waals surface area contributed by atoms with Crippen molar-refractivity contribution in [3.63, 3.8) is 0 Å². The number of imidazole rings is 1. The predicted octanol–water partition coefficient (Wildman–Crippen LogP) is 4.48. The molecule has 1 amide bonds. The lowest BCUT2D eigenvalue weighted by Gasteiger charge is -2.34. The molecule has 0 aliphatic carbocycles. The third-order valence-electron chi connectivity index (χ3n) is 7.32. The van der Waals surface area contributed by atoms with Crippen molar-refractivity contribution >= 4 is 19.8 Å². The minimum Gasteiger partial charge on any atom is -0.492 e. The van der Waals surface area contributed by atoms with E-state index in [1.54, 1.807) is 28.9 Å². The van der Waals surface area contributed by atoms with Crippen LogP contribution < -0.4 is 9.30 Å². The van der Waals surface area contributed by atoms with Crippen molar-refractivity contribution in [1.82, 2.24) is 9.47 Å². The molecule has 2 aliphatic rings. The van der Waals surface area contributed by atoms with E-state index < -0.39 is 31.3 Å². The second-order valence-electron chi connectivity index (χ2n) is 9.89. The van der Waals surface area contributed by atoms with Crippen molar-refractivity contribution < 1.29 is 46.1 Å². The normalized spacial score (nSPS) is 20.3. The molecule has 40 heavy (non-hydrogen) atoms. The van der Waals surface area contributed by atoms with E-state index in [4.69, 9.17) is 14.5 Å². The molecule has 0 radical (unpaired) electrons. The number of piperidine rings is 1. The molecule has 2 saturated heterocycles. The molecule has 2 fully saturated rings. The highest BCUT2D eigenvalue weighted by Crippen LogP contribution is 2.45. The molecule has 3 heterocycles. The molecular formula is C27H28F3N3O6P+. The van der Waals surface area contributed by atoms with Gasteiger partial charge in [0.2, 0.25) is 12.6 Å². The van der Waals surface area contributed by atoms with Gasteiger partial charge in [-0.05, 0) is 60.2 Å². The van der Waals surface area contributed by atoms with E-state index in [0.717, 1.165) is 23.3 Å². The van der Waals surface area contributed by atoms with Gasteiger partial charge in [0.05, 0.1) is 19.2 Å². The van der Waals surface area contributed by atoms with Crippen LogP contribution in [-0.4, -0.2) is 38.3 Å². The maximum absolute atomic E-state index is 14.0. The van der Waals surface area contributed by atoms with Gasteiger partial charge in [-0.25, -0.2) is 26.8 Å². The van der Waals surface area contributed by atoms with Crippen LogP contribution in [0.5, 0.6) is 5.75 Å². The number of carbonyl (C=O) groups is 1. The first-order valence-corrected chi connectivity index (χ1v) is 14.1. The molecule has 212 valence electrons. The van der Waals surface area contributed by atoms with E-state index in [-0.39, 0.29) is 24.2 Å². The number of aromatic nitrogens is 2. The molecule has 0 saturated carbocycles. The number of methoxy groups -OCH3 is 1. The first-order chi connectivity index (χ1) is 18.9. The summed E-state index contributed by atoms with van der Waals surface area (Å²) in [5.74, 6) is -3.71. The average Bonchev–Trinajstić information content (AvgIpc) is 3.46. The highest BCUT2D eigenvalue weighted by molar-refractivity contribution is 7.46. The highest BCUT2D eigenvalue weighted by atomic mass is 31.2. The summed E-state index contributed by atoms with van der Waals surface area (Å²) in [4.78, 5) is 32.5. The largest absolute Gasteiger partial charge is 0.492 e. The lowest BCUT2D eigenvalue weighted by Crippen LogP contribution is -2.41. The maximum atomic E-state index is 14.0. The second-order valence-corrected chi connectivity index (χ2v) is 11.1. The van der Waals surface area contributed by atoms with Crippen LogP contribution in [0.4, 0.5) is 13.2 Å². The van der Waals surface area contributed by atoms with Crippen LogP contribution >= 0.6 is 7.82 Å². The summed E-state index contributed by atoms with van der Waals surface area (Å²) < 4.78 is 66.3. The Morgan fingerprint density at radius 3 is 2.55 bits per heavy atom. The summed E-state index contributed by atoms with van der Waals surface area (Å²) in [7, 11) is -3.12. The van der Waals surface area contributed by atoms with E-state index in [0.29, 0.717) is 42.8 Å². The molecule has 0 bridgehead atoms. The van der Waals surface area contributed by atoms with E-state index in [1.165, 1.54) is 11.7 Å². The zero-order valence-corrected chi connectivity index (χ0v) is 22.7. The molecule has 0 spiro atoms. The Morgan fingerprint density at radius 2 is 1.88 bits per heavy atom. The number of ether oxygens (including phenoxy) is 1. The van der Waals surface area contributed by atoms with Crippen LogP contribution in [0.1, 0.15) is 48.5 Å². The molecule has 3 aromatic rings. The quantitative estimate of drug-likeness (QED) is 0.244. The molecule has 2 atom stereocenters. The molecule has 1 aromatic heterocycles. The van der Waals surface area contributed by atoms with Crippen molar-refractivity contribution in [3.8, 4) is 11.4 Å². The third kappa shape index (κ3) is 5.57. The van der Waals surface area contributed by atoms with Crippen LogP contribution in [0.3, 0.4) is 0 Å². The number of halogens is 3. The number of carbonyl (C=O) groups excluding carboxylic acids is 1. The maximum Gasteiger partial charge on any atom is 0.472 e. The Bertz CT molecular complexity index is 1530. The molecule has 2 aliphatic heterocycles. The molecule has 9 nitrogen and oxygen atoms in total. The van der Waals surface area contributed by atoms with Crippen molar-refractivity contribution in [2.24, 2.45) is 0 Å². The van der Waals surface area contributed by atoms with E-state index in [9.17, 15) is 22.5 Å². The summed E-state index contributed by atoms with van der Waals surface area (Å²) >= 11 is 0. The van der Waals surface area contributed by atoms with E-state index in [2.05, 4.69) is 4.52 Å². The number of amides is 1. The number of hydrogen-bond acceptors (Lipinski definition) is 4. The fourth-order valence-corrected chi connectivity index (χ4v) is 5.74. The molecule has 0 unspecified atom stereocenters. The van der Waals surface area contributed by atoms with Gasteiger partial charge in [-0.2, -0.15) is 4.57 Å². The summed E-state index contributed by atoms with van der Waals surface area (Å²) in [6.07, 6.45) is 7.40. The van der Waals surface area contributed by atoms with Gasteiger partial charge >= 0.3 is 7.82 Å². The molecule has 5 rings (SSSR count). The van der Waals surface area contributed by atoms with Crippen molar-refractivity contribution in [2.45, 2.75) is 51.4 Å². The summed E-state index contributed by atoms with van der Waals surface area (Å²) in [6.45, 7) is 1.42. The zero-order chi connectivity index (χ0) is 28.8. The van der Waals surface area contributed by atoms with E-state index >= 15 is 0 Å². The van der Waals surface area contributed by atoms with Gasteiger partial charge in [0.25, 0.3) is 6.33 Å². The molecule has 2 N–H and O–H groups in total. The number of phosphoric acid groups is 1. The Kier molecular flexibility index (Phi) is 7.62. The van der Waals surface area contributed by atoms with Crippen LogP contribution in [-0.2, 0) is 20.6 Å². The molecule has 2 aromatic carbocycles. The summed E-state index contributed by atoms with van der Waals surface area (Å²) in [5, 5.41) is 0. The topological polar surface area (TPSA) is 105 Å². The van der Waals surface area contributed by atoms with Gasteiger partial charge < -0.3 is 19.4 Å². The number of hydrogen-bond donors (Lipinski definition) is 2. The van der Waals surface area contributed by atoms with Gasteiger partial charge in [-0.3, -0.25) is 4.79 Å². The number of aryl methyl sites for hydroxylation is 1. The Balaban J connectivity index is 1.46. The van der Waals surface area contributed by atoms with Gasteiger partial charge in [0, 0.05) is 13.3 Å². The fourth-order valence-electron chi connectivity index (χ4n) is 5.47. The standard InChI is InChI=1S/C27H27F3N3O6P/c1-16-13-31(14-32(16)15-39-40(35,36)37)23-7-6-17(9-25(23)38-2)8-18-12-24(33-22(18)4-3-5-26(33)34)19-10-20(28)27(30)21(29)11-19/h6-11,13-14,22,24H,3-5,12,15H2,1-2H3,(H-,35,36,37)/p+1/t22-,24-/m0/s1. The predicted molar refractivity (Wildman–Crippen MR) is 137 cm³/mol. The average molecular weight is 579 g/mol. The molecular weight excluding hydrogens is 550 g/mol. The first kappa shape index (κ1) is 28.1. The first-order valence-electron chi connectivity index (χ1n) is 12.6. The lowest BCUT2D eigenvalue weighted by molar-refractivity contribution is -0.596. The lowest BCUT2D eigenvalue weighted by atomic mass is 9.96. The Labute approximate surface area is 228 Å². The van der Waals surface area contributed by atoms with Crippen molar-refractivity contribution in [2.75, 3.05) is 7.11 Å². The Hall–Kier alpha value is -3.44. The van der Waals surface area contributed by atoms with Crippen LogP contribution in [0.15, 0.2) is 48.4 Å². The smallest absolute Gasteiger partial charge is 0.472 e. The zero-order valence-electron chi connectivity index (χ0n) is 21.8.